The van der Waals surface area contributed by atoms with Gasteiger partial charge >= 0.3 is 0 Å². The molecule has 0 amide bonds. The average Bonchev–Trinajstić information content (AvgIpc) is 2.86. The van der Waals surface area contributed by atoms with Gasteiger partial charge in [-0.05, 0) is 24.6 Å². The zero-order valence-corrected chi connectivity index (χ0v) is 13.6. The minimum absolute atomic E-state index is 0.308. The van der Waals surface area contributed by atoms with E-state index in [1.165, 1.54) is 5.56 Å². The van der Waals surface area contributed by atoms with E-state index in [1.54, 1.807) is 0 Å². The smallest absolute Gasteiger partial charge is 0.159 e. The number of halogens is 2. The summed E-state index contributed by atoms with van der Waals surface area (Å²) in [6.07, 6.45) is 0. The highest BCUT2D eigenvalue weighted by molar-refractivity contribution is 9.09. The van der Waals surface area contributed by atoms with Crippen molar-refractivity contribution in [3.05, 3.63) is 34.9 Å². The lowest BCUT2D eigenvalue weighted by Crippen LogP contribution is -2.26. The predicted molar refractivity (Wildman–Crippen MR) is 85.1 cm³/mol. The summed E-state index contributed by atoms with van der Waals surface area (Å²) in [5.41, 5.74) is 1.26. The van der Waals surface area contributed by atoms with Gasteiger partial charge in [-0.3, -0.25) is 4.99 Å². The van der Waals surface area contributed by atoms with Gasteiger partial charge in [-0.1, -0.05) is 51.4 Å². The summed E-state index contributed by atoms with van der Waals surface area (Å²) in [7, 11) is 2.10. The summed E-state index contributed by atoms with van der Waals surface area (Å²) in [4.78, 5) is 6.83. The van der Waals surface area contributed by atoms with Crippen molar-refractivity contribution in [1.82, 2.24) is 4.90 Å². The van der Waals surface area contributed by atoms with E-state index in [1.807, 2.05) is 23.9 Å². The van der Waals surface area contributed by atoms with Gasteiger partial charge in [0, 0.05) is 22.7 Å². The van der Waals surface area contributed by atoms with Gasteiger partial charge in [0.05, 0.1) is 12.6 Å². The number of nitrogens with zero attached hydrogens (tertiary/aromatic N) is 2. The predicted octanol–water partition coefficient (Wildman–Crippen LogP) is 4.20. The monoisotopic (exact) mass is 346 g/mol. The van der Waals surface area contributed by atoms with Crippen LogP contribution in [0.5, 0.6) is 0 Å². The van der Waals surface area contributed by atoms with Gasteiger partial charge in [0.25, 0.3) is 0 Å². The van der Waals surface area contributed by atoms with Gasteiger partial charge in [-0.25, -0.2) is 0 Å². The Morgan fingerprint density at radius 1 is 1.50 bits per heavy atom. The molecule has 1 aliphatic rings. The van der Waals surface area contributed by atoms with E-state index in [0.717, 1.165) is 22.1 Å². The summed E-state index contributed by atoms with van der Waals surface area (Å²) >= 11 is 11.3. The molecule has 1 aromatic rings. The summed E-state index contributed by atoms with van der Waals surface area (Å²) < 4.78 is 0. The fourth-order valence-corrected chi connectivity index (χ4v) is 3.52. The number of hydrogen-bond acceptors (Lipinski definition) is 3. The van der Waals surface area contributed by atoms with Crippen LogP contribution in [0.25, 0.3) is 0 Å². The lowest BCUT2D eigenvalue weighted by molar-refractivity contribution is 0.410. The normalized spacial score (nSPS) is 20.7. The van der Waals surface area contributed by atoms with Crippen LogP contribution in [0, 0.1) is 0 Å². The molecule has 2 unspecified atom stereocenters. The Hall–Kier alpha value is -0.190. The zero-order valence-electron chi connectivity index (χ0n) is 10.4. The molecule has 0 bridgehead atoms. The molecule has 2 nitrogen and oxygen atoms in total. The van der Waals surface area contributed by atoms with E-state index < -0.39 is 0 Å². The Balaban J connectivity index is 2.05. The van der Waals surface area contributed by atoms with Crippen molar-refractivity contribution >= 4 is 44.5 Å². The van der Waals surface area contributed by atoms with Crippen molar-refractivity contribution in [2.75, 3.05) is 18.9 Å². The molecule has 0 fully saturated rings. The summed E-state index contributed by atoms with van der Waals surface area (Å²) in [5, 5.41) is 3.47. The fraction of sp³-hybridized carbons (Fsp3) is 0.462. The molecule has 0 aliphatic carbocycles. The van der Waals surface area contributed by atoms with E-state index in [2.05, 4.69) is 51.9 Å². The first-order chi connectivity index (χ1) is 8.61. The first-order valence-corrected chi connectivity index (χ1v) is 8.25. The molecule has 2 atom stereocenters. The molecular weight excluding hydrogens is 332 g/mol. The Labute approximate surface area is 126 Å². The minimum atomic E-state index is 0.308. The number of hydrogen-bond donors (Lipinski definition) is 0. The van der Waals surface area contributed by atoms with E-state index >= 15 is 0 Å². The standard InChI is InChI=1S/C13H16BrClN2S/c1-9(10-3-5-11(15)6-4-10)17(2)13-16-8-12(7-14)18-13/h3-6,9,12H,7-8H2,1-2H3. The van der Waals surface area contributed by atoms with Crippen molar-refractivity contribution < 1.29 is 0 Å². The van der Waals surface area contributed by atoms with Gasteiger partial charge in [-0.15, -0.1) is 0 Å². The van der Waals surface area contributed by atoms with Crippen LogP contribution < -0.4 is 0 Å². The number of alkyl halides is 1. The van der Waals surface area contributed by atoms with Crippen molar-refractivity contribution in [3.8, 4) is 0 Å². The van der Waals surface area contributed by atoms with Crippen LogP contribution in [0.4, 0.5) is 0 Å². The quantitative estimate of drug-likeness (QED) is 0.762. The Kier molecular flexibility index (Phi) is 4.98. The van der Waals surface area contributed by atoms with Crippen LogP contribution in [0.2, 0.25) is 5.02 Å². The summed E-state index contributed by atoms with van der Waals surface area (Å²) in [6.45, 7) is 3.09. The molecule has 1 aromatic carbocycles. The average molecular weight is 348 g/mol. The highest BCUT2D eigenvalue weighted by Crippen LogP contribution is 2.29. The third kappa shape index (κ3) is 3.22. The largest absolute Gasteiger partial charge is 0.348 e. The van der Waals surface area contributed by atoms with E-state index in [-0.39, 0.29) is 0 Å². The lowest BCUT2D eigenvalue weighted by atomic mass is 10.1. The van der Waals surface area contributed by atoms with Gasteiger partial charge < -0.3 is 4.90 Å². The second kappa shape index (κ2) is 6.31. The molecule has 0 saturated heterocycles. The first-order valence-electron chi connectivity index (χ1n) is 5.87. The minimum Gasteiger partial charge on any atom is -0.348 e. The van der Waals surface area contributed by atoms with E-state index in [4.69, 9.17) is 11.6 Å². The third-order valence-corrected chi connectivity index (χ3v) is 5.85. The molecule has 0 aromatic heterocycles. The zero-order chi connectivity index (χ0) is 13.1. The van der Waals surface area contributed by atoms with Gasteiger partial charge in [0.15, 0.2) is 5.17 Å². The molecule has 0 radical (unpaired) electrons. The summed E-state index contributed by atoms with van der Waals surface area (Å²) in [5.74, 6) is 0. The Morgan fingerprint density at radius 2 is 2.17 bits per heavy atom. The van der Waals surface area contributed by atoms with Gasteiger partial charge in [0.1, 0.15) is 0 Å². The van der Waals surface area contributed by atoms with Crippen LogP contribution in [0.3, 0.4) is 0 Å². The van der Waals surface area contributed by atoms with E-state index in [9.17, 15) is 0 Å². The Morgan fingerprint density at radius 3 is 2.72 bits per heavy atom. The molecule has 1 aliphatic heterocycles. The van der Waals surface area contributed by atoms with Crippen molar-refractivity contribution in [3.63, 3.8) is 0 Å². The topological polar surface area (TPSA) is 15.6 Å². The number of aliphatic imine (C=N–C) groups is 1. The Bertz CT molecular complexity index is 435. The fourth-order valence-electron chi connectivity index (χ4n) is 1.81. The highest BCUT2D eigenvalue weighted by atomic mass is 79.9. The molecule has 98 valence electrons. The SMILES string of the molecule is CC(c1ccc(Cl)cc1)N(C)C1=NCC(CBr)S1. The number of amidine groups is 1. The van der Waals surface area contributed by atoms with Gasteiger partial charge in [0.2, 0.25) is 0 Å². The van der Waals surface area contributed by atoms with Crippen molar-refractivity contribution in [1.29, 1.82) is 0 Å². The number of benzene rings is 1. The maximum atomic E-state index is 5.91. The van der Waals surface area contributed by atoms with Crippen LogP contribution >= 0.6 is 39.3 Å². The van der Waals surface area contributed by atoms with Crippen molar-refractivity contribution in [2.45, 2.75) is 18.2 Å². The first kappa shape index (κ1) is 14.2. The maximum absolute atomic E-state index is 5.91. The number of thioether (sulfide) groups is 1. The van der Waals surface area contributed by atoms with Crippen LogP contribution in [-0.2, 0) is 0 Å². The second-order valence-corrected chi connectivity index (χ2v) is 6.71. The van der Waals surface area contributed by atoms with E-state index in [0.29, 0.717) is 11.3 Å². The molecule has 2 rings (SSSR count). The molecule has 0 spiro atoms. The molecular formula is C13H16BrClN2S. The summed E-state index contributed by atoms with van der Waals surface area (Å²) in [6, 6.07) is 8.33. The molecule has 5 heteroatoms. The third-order valence-electron chi connectivity index (χ3n) is 3.11. The lowest BCUT2D eigenvalue weighted by Gasteiger charge is -2.26. The van der Waals surface area contributed by atoms with Crippen LogP contribution in [-0.4, -0.2) is 34.2 Å². The maximum Gasteiger partial charge on any atom is 0.159 e. The molecule has 18 heavy (non-hydrogen) atoms. The van der Waals surface area contributed by atoms with Crippen LogP contribution in [0.15, 0.2) is 29.3 Å². The molecule has 1 heterocycles. The number of rotatable bonds is 3. The molecule has 0 saturated carbocycles. The second-order valence-electron chi connectivity index (χ2n) is 4.36. The highest BCUT2D eigenvalue weighted by Gasteiger charge is 2.24. The molecule has 0 N–H and O–H groups in total. The van der Waals surface area contributed by atoms with Crippen molar-refractivity contribution in [2.24, 2.45) is 4.99 Å². The van der Waals surface area contributed by atoms with Crippen LogP contribution in [0.1, 0.15) is 18.5 Å². The van der Waals surface area contributed by atoms with Gasteiger partial charge in [-0.2, -0.15) is 0 Å².